The molecule has 0 aliphatic carbocycles. The summed E-state index contributed by atoms with van der Waals surface area (Å²) in [6.45, 7) is 21.1. The fraction of sp³-hybridized carbons (Fsp3) is 0.405. The highest BCUT2D eigenvalue weighted by Gasteiger charge is 2.47. The van der Waals surface area contributed by atoms with Gasteiger partial charge in [0.25, 0.3) is 23.6 Å². The molecule has 6 aromatic rings. The predicted molar refractivity (Wildman–Crippen MR) is 366 cm³/mol. The molecule has 90 heavy (non-hydrogen) atoms. The number of aryl methyl sites for hydroxylation is 2. The summed E-state index contributed by atoms with van der Waals surface area (Å²) in [6, 6.07) is 43.4. The number of hydrazine groups is 2. The van der Waals surface area contributed by atoms with Gasteiger partial charge in [0, 0.05) is 0 Å². The molecule has 2 fully saturated rings. The zero-order chi connectivity index (χ0) is 63.5. The van der Waals surface area contributed by atoms with E-state index < -0.39 is 0 Å². The predicted octanol–water partition coefficient (Wildman–Crippen LogP) is 18.3. The highest BCUT2D eigenvalue weighted by atomic mass is 32.2. The lowest BCUT2D eigenvalue weighted by molar-refractivity contribution is -0.149. The standard InChI is InChI=1S/C41H52N2O4S2.C33H36N2O4S2/c1-6-10-18-30(8-3)27-46-34-24-29(5)36(47-28-31(9-4)19-11-7-2)38-37(34)48-41(49-38)35-39(44)42(25-32-20-14-12-15-21-32)43(40(35)45)26-33-22-16-13-17-23-33;1-4-6-18-38-26-20-23(3)28(39-19-7-5-2)30-29(26)40-33(41-30)27-31(36)34(21-24-14-10-8-11-15-24)35(32(27)37)22-25-16-12-9-13-17-25/h12-17,20-24,30-31H,6-11,18-19,25-28H2,1-5H3;8-17,20H,4-7,18-19,21-22H2,1-3H3. The molecule has 0 radical (unpaired) electrons. The normalized spacial score (nSPS) is 15.2. The van der Waals surface area contributed by atoms with Gasteiger partial charge in [0.1, 0.15) is 34.1 Å². The molecule has 2 unspecified atom stereocenters. The van der Waals surface area contributed by atoms with Crippen molar-refractivity contribution in [3.63, 3.8) is 0 Å². The molecule has 476 valence electrons. The van der Waals surface area contributed by atoms with Crippen molar-refractivity contribution in [2.45, 2.75) is 178 Å². The lowest BCUT2D eigenvalue weighted by atomic mass is 10.0. The van der Waals surface area contributed by atoms with E-state index in [4.69, 9.17) is 18.9 Å². The molecule has 0 aromatic heterocycles. The minimum absolute atomic E-state index is 0.208. The van der Waals surface area contributed by atoms with Gasteiger partial charge >= 0.3 is 0 Å². The topological polar surface area (TPSA) is 118 Å². The van der Waals surface area contributed by atoms with Gasteiger partial charge in [0.05, 0.1) is 80.7 Å². The minimum atomic E-state index is -0.281. The molecule has 0 saturated carbocycles. The van der Waals surface area contributed by atoms with E-state index in [-0.39, 0.29) is 34.8 Å². The Balaban J connectivity index is 0.000000217. The minimum Gasteiger partial charge on any atom is -0.492 e. The second kappa shape index (κ2) is 33.6. The molecule has 4 aliphatic rings. The fourth-order valence-electron chi connectivity index (χ4n) is 11.0. The maximum atomic E-state index is 14.3. The maximum absolute atomic E-state index is 14.3. The van der Waals surface area contributed by atoms with Crippen molar-refractivity contribution < 1.29 is 38.1 Å². The molecule has 4 heterocycles. The Morgan fingerprint density at radius 2 is 0.689 bits per heavy atom. The van der Waals surface area contributed by atoms with Gasteiger partial charge in [-0.05, 0) is 96.9 Å². The highest BCUT2D eigenvalue weighted by molar-refractivity contribution is 8.25. The first-order valence-corrected chi connectivity index (χ1v) is 35.6. The van der Waals surface area contributed by atoms with Gasteiger partial charge in [-0.25, -0.2) is 20.0 Å². The third-order valence-electron chi connectivity index (χ3n) is 16.5. The molecular formula is C74H88N4O8S4. The second-order valence-corrected chi connectivity index (χ2v) is 27.9. The quantitative estimate of drug-likeness (QED) is 0.0243. The first-order valence-electron chi connectivity index (χ1n) is 32.4. The van der Waals surface area contributed by atoms with Gasteiger partial charge in [0.15, 0.2) is 0 Å². The van der Waals surface area contributed by atoms with Gasteiger partial charge in [-0.15, -0.1) is 0 Å². The van der Waals surface area contributed by atoms with Crippen LogP contribution in [0.3, 0.4) is 0 Å². The lowest BCUT2D eigenvalue weighted by Crippen LogP contribution is -2.39. The van der Waals surface area contributed by atoms with Crippen LogP contribution in [0.2, 0.25) is 0 Å². The highest BCUT2D eigenvalue weighted by Crippen LogP contribution is 2.62. The number of hydrogen-bond acceptors (Lipinski definition) is 12. The van der Waals surface area contributed by atoms with Gasteiger partial charge in [-0.1, -0.05) is 261 Å². The summed E-state index contributed by atoms with van der Waals surface area (Å²) >= 11 is 5.87. The summed E-state index contributed by atoms with van der Waals surface area (Å²) in [7, 11) is 0. The molecule has 0 spiro atoms. The van der Waals surface area contributed by atoms with Gasteiger partial charge in [-0.3, -0.25) is 19.2 Å². The molecule has 12 nitrogen and oxygen atoms in total. The van der Waals surface area contributed by atoms with Crippen LogP contribution in [0, 0.1) is 25.7 Å². The molecule has 0 N–H and O–H groups in total. The summed E-state index contributed by atoms with van der Waals surface area (Å²) in [5, 5.41) is 6.38. The van der Waals surface area contributed by atoms with E-state index in [9.17, 15) is 19.2 Å². The molecule has 2 saturated heterocycles. The summed E-state index contributed by atoms with van der Waals surface area (Å²) < 4.78 is 27.1. The number of amides is 4. The van der Waals surface area contributed by atoms with E-state index in [0.29, 0.717) is 72.9 Å². The Hall–Kier alpha value is -6.72. The molecule has 4 aliphatic heterocycles. The van der Waals surface area contributed by atoms with E-state index in [1.807, 2.05) is 134 Å². The Kier molecular flexibility index (Phi) is 25.2. The van der Waals surface area contributed by atoms with Crippen molar-refractivity contribution >= 4 is 70.7 Å². The van der Waals surface area contributed by atoms with Crippen molar-refractivity contribution in [1.82, 2.24) is 20.0 Å². The molecular weight excluding hydrogens is 1200 g/mol. The van der Waals surface area contributed by atoms with E-state index in [1.54, 1.807) is 20.0 Å². The monoisotopic (exact) mass is 1290 g/mol. The SMILES string of the molecule is CCCCC(CC)COc1cc(C)c(OCC(CC)CCCC)c2c1SC(=C1C(=O)N(Cc3ccccc3)N(Cc3ccccc3)C1=O)S2.CCCCOc1cc(C)c(OCCCC)c2c1SC(=C1C(=O)N(Cc3ccccc3)N(Cc3ccccc3)C1=O)S2. The number of carbonyl (C=O) groups is 4. The molecule has 2 atom stereocenters. The number of thioether (sulfide) groups is 4. The number of fused-ring (bicyclic) bond motifs is 2. The lowest BCUT2D eigenvalue weighted by Gasteiger charge is -2.27. The Morgan fingerprint density at radius 1 is 0.378 bits per heavy atom. The summed E-state index contributed by atoms with van der Waals surface area (Å²) in [6.07, 6.45) is 13.1. The van der Waals surface area contributed by atoms with Crippen molar-refractivity contribution in [3.8, 4) is 23.0 Å². The second-order valence-electron chi connectivity index (χ2n) is 23.3. The third kappa shape index (κ3) is 16.7. The van der Waals surface area contributed by atoms with Crippen LogP contribution in [-0.4, -0.2) is 70.1 Å². The Morgan fingerprint density at radius 3 is 1.03 bits per heavy atom. The van der Waals surface area contributed by atoms with Gasteiger partial charge < -0.3 is 18.9 Å². The summed E-state index contributed by atoms with van der Waals surface area (Å²) in [5.41, 5.74) is 6.28. The number of hydrogen-bond donors (Lipinski definition) is 0. The number of rotatable bonds is 30. The molecule has 0 bridgehead atoms. The van der Waals surface area contributed by atoms with E-state index in [0.717, 1.165) is 127 Å². The number of unbranched alkanes of at least 4 members (excludes halogenated alkanes) is 4. The maximum Gasteiger partial charge on any atom is 0.280 e. The van der Waals surface area contributed by atoms with Crippen molar-refractivity contribution in [1.29, 1.82) is 0 Å². The third-order valence-corrected chi connectivity index (χ3v) is 21.7. The average Bonchev–Trinajstić information content (AvgIpc) is 1.61. The van der Waals surface area contributed by atoms with Crippen LogP contribution < -0.4 is 18.9 Å². The van der Waals surface area contributed by atoms with Crippen molar-refractivity contribution in [2.75, 3.05) is 26.4 Å². The Labute approximate surface area is 551 Å². The molecule has 4 amide bonds. The largest absolute Gasteiger partial charge is 0.492 e. The van der Waals surface area contributed by atoms with E-state index in [2.05, 4.69) is 54.5 Å². The molecule has 10 rings (SSSR count). The first kappa shape index (κ1) is 67.7. The van der Waals surface area contributed by atoms with Crippen LogP contribution in [0.15, 0.2) is 173 Å². The van der Waals surface area contributed by atoms with Crippen LogP contribution in [0.4, 0.5) is 0 Å². The van der Waals surface area contributed by atoms with Crippen LogP contribution in [-0.2, 0) is 45.4 Å². The zero-order valence-electron chi connectivity index (χ0n) is 53.7. The number of carbonyl (C=O) groups excluding carboxylic acids is 4. The van der Waals surface area contributed by atoms with Crippen molar-refractivity contribution in [2.24, 2.45) is 11.8 Å². The first-order chi connectivity index (χ1) is 43.9. The zero-order valence-corrected chi connectivity index (χ0v) is 57.0. The van der Waals surface area contributed by atoms with E-state index in [1.165, 1.54) is 72.7 Å². The number of nitrogens with zero attached hydrogens (tertiary/aromatic N) is 4. The van der Waals surface area contributed by atoms with Crippen LogP contribution in [0.25, 0.3) is 0 Å². The smallest absolute Gasteiger partial charge is 0.280 e. The van der Waals surface area contributed by atoms with Gasteiger partial charge in [-0.2, -0.15) is 0 Å². The molecule has 16 heteroatoms. The van der Waals surface area contributed by atoms with Crippen molar-refractivity contribution in [3.05, 3.63) is 186 Å². The van der Waals surface area contributed by atoms with Crippen LogP contribution >= 0.6 is 47.0 Å². The fourth-order valence-corrected chi connectivity index (χ4v) is 16.5. The number of benzene rings is 6. The Bertz CT molecular complexity index is 3350. The number of ether oxygens (including phenoxy) is 4. The average molecular weight is 1290 g/mol. The van der Waals surface area contributed by atoms with Crippen LogP contribution in [0.5, 0.6) is 23.0 Å². The summed E-state index contributed by atoms with van der Waals surface area (Å²) in [5.74, 6) is 3.08. The summed E-state index contributed by atoms with van der Waals surface area (Å²) in [4.78, 5) is 60.4. The van der Waals surface area contributed by atoms with Gasteiger partial charge in [0.2, 0.25) is 0 Å². The van der Waals surface area contributed by atoms with Crippen LogP contribution in [0.1, 0.15) is 152 Å². The van der Waals surface area contributed by atoms with E-state index >= 15 is 0 Å². The molecule has 6 aromatic carbocycles.